The molecule has 0 aliphatic carbocycles. The number of alkyl halides is 1. The predicted octanol–water partition coefficient (Wildman–Crippen LogP) is 7.28. The van der Waals surface area contributed by atoms with Crippen LogP contribution in [0.25, 0.3) is 10.1 Å². The average Bonchev–Trinajstić information content (AvgIpc) is 3.55. The molecule has 1 saturated heterocycles. The molecule has 6 nitrogen and oxygen atoms in total. The number of aryl methyl sites for hydroxylation is 2. The van der Waals surface area contributed by atoms with Crippen molar-refractivity contribution in [2.45, 2.75) is 32.8 Å². The third-order valence-electron chi connectivity index (χ3n) is 7.18. The van der Waals surface area contributed by atoms with Gasteiger partial charge in [-0.15, -0.1) is 11.3 Å². The maximum atomic E-state index is 14.0. The Kier molecular flexibility index (Phi) is 8.65. The van der Waals surface area contributed by atoms with Crippen molar-refractivity contribution >= 4 is 33.2 Å². The zero-order chi connectivity index (χ0) is 29.1. The van der Waals surface area contributed by atoms with Crippen LogP contribution in [0.1, 0.15) is 49.6 Å². The molecule has 0 unspecified atom stereocenters. The smallest absolute Gasteiger partial charge is 0.337 e. The molecule has 0 spiro atoms. The van der Waals surface area contributed by atoms with Crippen LogP contribution >= 0.6 is 11.3 Å². The van der Waals surface area contributed by atoms with Gasteiger partial charge in [-0.2, -0.15) is 0 Å². The summed E-state index contributed by atoms with van der Waals surface area (Å²) in [7, 11) is 1.31. The van der Waals surface area contributed by atoms with Crippen molar-refractivity contribution in [3.8, 4) is 17.2 Å². The Balaban J connectivity index is 1.44. The molecule has 1 aliphatic rings. The van der Waals surface area contributed by atoms with Crippen LogP contribution in [0.4, 0.5) is 8.78 Å². The largest absolute Gasteiger partial charge is 0.489 e. The topological polar surface area (TPSA) is 65.1 Å². The number of ketones is 1. The molecule has 0 N–H and O–H groups in total. The van der Waals surface area contributed by atoms with Gasteiger partial charge in [0.05, 0.1) is 19.3 Å². The number of ether oxygens (including phenoxy) is 3. The third kappa shape index (κ3) is 6.26. The van der Waals surface area contributed by atoms with E-state index in [9.17, 15) is 18.4 Å². The van der Waals surface area contributed by atoms with E-state index in [1.54, 1.807) is 44.2 Å². The summed E-state index contributed by atoms with van der Waals surface area (Å²) in [5.41, 5.74) is 1.83. The van der Waals surface area contributed by atoms with Gasteiger partial charge in [-0.1, -0.05) is 0 Å². The maximum absolute atomic E-state index is 14.0. The number of carbonyl (C=O) groups is 2. The van der Waals surface area contributed by atoms with Gasteiger partial charge < -0.3 is 14.2 Å². The zero-order valence-corrected chi connectivity index (χ0v) is 24.0. The van der Waals surface area contributed by atoms with Gasteiger partial charge in [0.15, 0.2) is 5.75 Å². The summed E-state index contributed by atoms with van der Waals surface area (Å²) in [4.78, 5) is 28.6. The molecule has 214 valence electrons. The first-order valence-electron chi connectivity index (χ1n) is 13.5. The van der Waals surface area contributed by atoms with Crippen LogP contribution in [-0.4, -0.2) is 56.2 Å². The van der Waals surface area contributed by atoms with E-state index in [2.05, 4.69) is 4.90 Å². The van der Waals surface area contributed by atoms with E-state index in [0.29, 0.717) is 60.9 Å². The van der Waals surface area contributed by atoms with E-state index in [1.807, 2.05) is 12.1 Å². The number of fused-ring (bicyclic) bond motifs is 1. The highest BCUT2D eigenvalue weighted by Crippen LogP contribution is 2.43. The van der Waals surface area contributed by atoms with Gasteiger partial charge in [-0.3, -0.25) is 14.1 Å². The van der Waals surface area contributed by atoms with E-state index in [0.717, 1.165) is 26.1 Å². The van der Waals surface area contributed by atoms with Gasteiger partial charge in [0, 0.05) is 35.3 Å². The van der Waals surface area contributed by atoms with Crippen molar-refractivity contribution in [2.24, 2.45) is 0 Å². The van der Waals surface area contributed by atoms with Crippen LogP contribution in [-0.2, 0) is 4.74 Å². The van der Waals surface area contributed by atoms with Crippen LogP contribution in [0.5, 0.6) is 17.2 Å². The SMILES string of the molecule is COC(=O)c1ccc2c(Oc3ccc(O[C@H]4CCN(CCCF)C4)cc3)c(C(=O)c3c(C)cc(F)cc3C)sc2c1. The normalized spacial score (nSPS) is 15.3. The Hall–Kier alpha value is -3.82. The Morgan fingerprint density at radius 1 is 1.02 bits per heavy atom. The van der Waals surface area contributed by atoms with E-state index in [1.165, 1.54) is 30.6 Å². The maximum Gasteiger partial charge on any atom is 0.337 e. The second-order valence-corrected chi connectivity index (χ2v) is 11.2. The Morgan fingerprint density at radius 3 is 2.41 bits per heavy atom. The lowest BCUT2D eigenvalue weighted by molar-refractivity contribution is 0.0600. The Morgan fingerprint density at radius 2 is 1.73 bits per heavy atom. The fourth-order valence-corrected chi connectivity index (χ4v) is 6.34. The molecule has 0 radical (unpaired) electrons. The number of nitrogens with zero attached hydrogens (tertiary/aromatic N) is 1. The number of carbonyl (C=O) groups excluding carboxylic acids is 2. The van der Waals surface area contributed by atoms with E-state index in [4.69, 9.17) is 14.2 Å². The minimum Gasteiger partial charge on any atom is -0.489 e. The summed E-state index contributed by atoms with van der Waals surface area (Å²) in [6.07, 6.45) is 1.45. The Bertz CT molecular complexity index is 1560. The number of hydrogen-bond acceptors (Lipinski definition) is 7. The lowest BCUT2D eigenvalue weighted by atomic mass is 9.97. The molecule has 1 fully saturated rings. The molecule has 9 heteroatoms. The minimum atomic E-state index is -0.482. The molecule has 5 rings (SSSR count). The summed E-state index contributed by atoms with van der Waals surface area (Å²) in [6, 6.07) is 14.9. The van der Waals surface area contributed by atoms with Gasteiger partial charge in [-0.25, -0.2) is 9.18 Å². The highest BCUT2D eigenvalue weighted by molar-refractivity contribution is 7.21. The molecule has 3 aromatic carbocycles. The fourth-order valence-electron chi connectivity index (χ4n) is 5.23. The van der Waals surface area contributed by atoms with Crippen LogP contribution in [0, 0.1) is 19.7 Å². The van der Waals surface area contributed by atoms with Gasteiger partial charge in [0.2, 0.25) is 5.78 Å². The molecule has 0 saturated carbocycles. The van der Waals surface area contributed by atoms with E-state index >= 15 is 0 Å². The lowest BCUT2D eigenvalue weighted by Crippen LogP contribution is -2.26. The van der Waals surface area contributed by atoms with Gasteiger partial charge in [0.25, 0.3) is 0 Å². The number of thiophene rings is 1. The molecule has 1 aliphatic heterocycles. The highest BCUT2D eigenvalue weighted by Gasteiger charge is 2.26. The second kappa shape index (κ2) is 12.4. The van der Waals surface area contributed by atoms with Crippen molar-refractivity contribution in [1.29, 1.82) is 0 Å². The van der Waals surface area contributed by atoms with Crippen LogP contribution < -0.4 is 9.47 Å². The van der Waals surface area contributed by atoms with Gasteiger partial charge in [0.1, 0.15) is 28.3 Å². The summed E-state index contributed by atoms with van der Waals surface area (Å²) in [5, 5.41) is 0.670. The first kappa shape index (κ1) is 28.7. The van der Waals surface area contributed by atoms with Crippen molar-refractivity contribution < 1.29 is 32.6 Å². The highest BCUT2D eigenvalue weighted by atomic mass is 32.1. The minimum absolute atomic E-state index is 0.0395. The number of rotatable bonds is 10. The molecule has 41 heavy (non-hydrogen) atoms. The summed E-state index contributed by atoms with van der Waals surface area (Å²) in [5.74, 6) is 0.397. The number of methoxy groups -OCH3 is 1. The summed E-state index contributed by atoms with van der Waals surface area (Å²) in [6.45, 7) is 5.48. The molecule has 4 aromatic rings. The van der Waals surface area contributed by atoms with E-state index < -0.39 is 11.8 Å². The standard InChI is InChI=1S/C32H31F2NO5S/c1-19-15-22(34)16-20(2)28(19)29(36)31-30(26-10-5-21(32(37)38-3)17-27(26)41-31)40-24-8-6-23(7-9-24)39-25-11-14-35(18-25)13-4-12-33/h5-10,15-17,25H,4,11-14,18H2,1-3H3/t25-/m0/s1. The van der Waals surface area contributed by atoms with E-state index in [-0.39, 0.29) is 18.6 Å². The number of benzene rings is 3. The second-order valence-electron chi connectivity index (χ2n) is 10.2. The molecule has 1 aromatic heterocycles. The number of likely N-dealkylation sites (tertiary alicyclic amines) is 1. The molecular formula is C32H31F2NO5S. The molecule has 2 heterocycles. The number of esters is 1. The summed E-state index contributed by atoms with van der Waals surface area (Å²) >= 11 is 1.21. The molecule has 0 bridgehead atoms. The quantitative estimate of drug-likeness (QED) is 0.145. The van der Waals surface area contributed by atoms with Crippen LogP contribution in [0.3, 0.4) is 0 Å². The van der Waals surface area contributed by atoms with Crippen molar-refractivity contribution in [2.75, 3.05) is 33.4 Å². The number of hydrogen-bond donors (Lipinski definition) is 0. The number of halogens is 2. The predicted molar refractivity (Wildman–Crippen MR) is 155 cm³/mol. The van der Waals surface area contributed by atoms with Crippen LogP contribution in [0.2, 0.25) is 0 Å². The molecule has 1 atom stereocenters. The average molecular weight is 580 g/mol. The van der Waals surface area contributed by atoms with Crippen molar-refractivity contribution in [3.05, 3.63) is 87.5 Å². The lowest BCUT2D eigenvalue weighted by Gasteiger charge is -2.16. The first-order valence-corrected chi connectivity index (χ1v) is 14.3. The van der Waals surface area contributed by atoms with Crippen molar-refractivity contribution in [3.63, 3.8) is 0 Å². The van der Waals surface area contributed by atoms with Crippen LogP contribution in [0.15, 0.2) is 54.6 Å². The molecule has 0 amide bonds. The monoisotopic (exact) mass is 579 g/mol. The molecular weight excluding hydrogens is 548 g/mol. The third-order valence-corrected chi connectivity index (χ3v) is 8.31. The fraction of sp³-hybridized carbons (Fsp3) is 0.312. The first-order chi connectivity index (χ1) is 19.8. The van der Waals surface area contributed by atoms with Gasteiger partial charge in [-0.05, 0) is 92.4 Å². The summed E-state index contributed by atoms with van der Waals surface area (Å²) < 4.78 is 44.5. The zero-order valence-electron chi connectivity index (χ0n) is 23.2. The van der Waals surface area contributed by atoms with Crippen molar-refractivity contribution in [1.82, 2.24) is 4.90 Å². The van der Waals surface area contributed by atoms with Gasteiger partial charge >= 0.3 is 5.97 Å². The Labute approximate surface area is 241 Å².